The molecule has 2 aliphatic carbocycles. The lowest BCUT2D eigenvalue weighted by molar-refractivity contribution is -0.139. The Bertz CT molecular complexity index is 1010. The van der Waals surface area contributed by atoms with E-state index in [4.69, 9.17) is 5.10 Å². The number of aryl methyl sites for hydroxylation is 1. The largest absolute Gasteiger partial charge is 0.508 e. The number of rotatable bonds is 4. The highest BCUT2D eigenvalue weighted by atomic mass is 16.3. The van der Waals surface area contributed by atoms with E-state index < -0.39 is 11.0 Å². The van der Waals surface area contributed by atoms with Crippen molar-refractivity contribution in [3.63, 3.8) is 0 Å². The SMILES string of the molecule is Cc1ccc(O)cc1[C@]12CCN(CC3CC3)[C@H](C)[C@]1(O)Cc1c(nn(C(C)C)c1C)C2. The van der Waals surface area contributed by atoms with Crippen molar-refractivity contribution in [2.45, 2.75) is 89.8 Å². The van der Waals surface area contributed by atoms with Gasteiger partial charge in [0.2, 0.25) is 0 Å². The molecule has 0 bridgehead atoms. The molecule has 0 spiro atoms. The predicted molar refractivity (Wildman–Crippen MR) is 123 cm³/mol. The predicted octanol–water partition coefficient (Wildman–Crippen LogP) is 4.06. The molecule has 0 radical (unpaired) electrons. The maximum atomic E-state index is 12.6. The number of phenols is 1. The van der Waals surface area contributed by atoms with E-state index in [1.165, 1.54) is 24.1 Å². The molecule has 1 aliphatic heterocycles. The van der Waals surface area contributed by atoms with E-state index in [1.807, 2.05) is 12.1 Å². The Balaban J connectivity index is 1.68. The van der Waals surface area contributed by atoms with Crippen LogP contribution in [-0.4, -0.2) is 49.6 Å². The van der Waals surface area contributed by atoms with Gasteiger partial charge in [-0.3, -0.25) is 9.58 Å². The summed E-state index contributed by atoms with van der Waals surface area (Å²) >= 11 is 0. The normalized spacial score (nSPS) is 31.0. The van der Waals surface area contributed by atoms with Crippen LogP contribution in [0.5, 0.6) is 5.75 Å². The van der Waals surface area contributed by atoms with Crippen molar-refractivity contribution in [3.8, 4) is 5.75 Å². The summed E-state index contributed by atoms with van der Waals surface area (Å²) in [5, 5.41) is 28.1. The van der Waals surface area contributed by atoms with Crippen molar-refractivity contribution in [2.75, 3.05) is 13.1 Å². The van der Waals surface area contributed by atoms with E-state index in [2.05, 4.69) is 44.2 Å². The number of hydrogen-bond acceptors (Lipinski definition) is 4. The molecule has 5 nitrogen and oxygen atoms in total. The lowest BCUT2D eigenvalue weighted by atomic mass is 9.53. The van der Waals surface area contributed by atoms with Gasteiger partial charge in [-0.2, -0.15) is 5.10 Å². The van der Waals surface area contributed by atoms with Gasteiger partial charge in [-0.05, 0) is 95.2 Å². The van der Waals surface area contributed by atoms with Crippen LogP contribution < -0.4 is 0 Å². The monoisotopic (exact) mass is 423 g/mol. The fourth-order valence-corrected chi connectivity index (χ4v) is 6.52. The Morgan fingerprint density at radius 2 is 1.94 bits per heavy atom. The van der Waals surface area contributed by atoms with Crippen LogP contribution in [0.25, 0.3) is 0 Å². The molecule has 31 heavy (non-hydrogen) atoms. The first kappa shape index (κ1) is 21.0. The summed E-state index contributed by atoms with van der Waals surface area (Å²) in [7, 11) is 0. The van der Waals surface area contributed by atoms with E-state index in [-0.39, 0.29) is 11.8 Å². The van der Waals surface area contributed by atoms with Gasteiger partial charge in [0.25, 0.3) is 0 Å². The molecule has 0 amide bonds. The molecular formula is C26H37N3O2. The first-order valence-corrected chi connectivity index (χ1v) is 12.0. The van der Waals surface area contributed by atoms with E-state index in [0.29, 0.717) is 12.5 Å². The second kappa shape index (κ2) is 7.08. The van der Waals surface area contributed by atoms with Crippen LogP contribution in [0.15, 0.2) is 18.2 Å². The Kier molecular flexibility index (Phi) is 4.80. The van der Waals surface area contributed by atoms with Gasteiger partial charge in [0.05, 0.1) is 11.3 Å². The highest BCUT2D eigenvalue weighted by Crippen LogP contribution is 2.54. The average molecular weight is 424 g/mol. The molecule has 1 aromatic heterocycles. The van der Waals surface area contributed by atoms with Crippen molar-refractivity contribution >= 4 is 0 Å². The summed E-state index contributed by atoms with van der Waals surface area (Å²) in [6.45, 7) is 12.9. The van der Waals surface area contributed by atoms with Crippen LogP contribution in [0.1, 0.15) is 74.2 Å². The fourth-order valence-electron chi connectivity index (χ4n) is 6.52. The van der Waals surface area contributed by atoms with Gasteiger partial charge in [-0.25, -0.2) is 0 Å². The number of piperidine rings is 1. The molecule has 5 rings (SSSR count). The van der Waals surface area contributed by atoms with E-state index in [1.54, 1.807) is 6.07 Å². The van der Waals surface area contributed by atoms with Gasteiger partial charge < -0.3 is 10.2 Å². The average Bonchev–Trinajstić information content (AvgIpc) is 3.49. The topological polar surface area (TPSA) is 61.5 Å². The highest BCUT2D eigenvalue weighted by Gasteiger charge is 2.61. The molecule has 1 saturated carbocycles. The lowest BCUT2D eigenvalue weighted by Gasteiger charge is -2.60. The first-order valence-electron chi connectivity index (χ1n) is 12.0. The van der Waals surface area contributed by atoms with Crippen LogP contribution in [0, 0.1) is 19.8 Å². The standard InChI is InChI=1S/C26H37N3O2/c1-16(2)29-18(4)22-13-26(31)19(5)28(15-20-7-8-20)11-10-25(26,14-24(22)27-29)23-12-21(30)9-6-17(23)3/h6,9,12,16,19-20,30-31H,7-8,10-11,13-15H2,1-5H3/t19-,25-,26-/m1/s1. The van der Waals surface area contributed by atoms with Crippen molar-refractivity contribution in [1.29, 1.82) is 0 Å². The van der Waals surface area contributed by atoms with Gasteiger partial charge in [-0.15, -0.1) is 0 Å². The zero-order valence-electron chi connectivity index (χ0n) is 19.6. The molecule has 2 fully saturated rings. The summed E-state index contributed by atoms with van der Waals surface area (Å²) in [6, 6.07) is 6.00. The van der Waals surface area contributed by atoms with Crippen LogP contribution in [0.4, 0.5) is 0 Å². The molecular weight excluding hydrogens is 386 g/mol. The molecule has 3 atom stereocenters. The molecule has 1 aromatic carbocycles. The first-order chi connectivity index (χ1) is 14.7. The number of likely N-dealkylation sites (tertiary alicyclic amines) is 1. The maximum Gasteiger partial charge on any atom is 0.115 e. The molecule has 5 heteroatoms. The van der Waals surface area contributed by atoms with Crippen molar-refractivity contribution in [3.05, 3.63) is 46.3 Å². The van der Waals surface area contributed by atoms with Crippen molar-refractivity contribution in [2.24, 2.45) is 5.92 Å². The second-order valence-corrected chi connectivity index (χ2v) is 10.8. The van der Waals surface area contributed by atoms with Crippen molar-refractivity contribution < 1.29 is 10.2 Å². The number of aromatic hydroxyl groups is 1. The fraction of sp³-hybridized carbons (Fsp3) is 0.654. The molecule has 1 saturated heterocycles. The Hall–Kier alpha value is -1.85. The summed E-state index contributed by atoms with van der Waals surface area (Å²) < 4.78 is 2.13. The Morgan fingerprint density at radius 1 is 1.19 bits per heavy atom. The lowest BCUT2D eigenvalue weighted by Crippen LogP contribution is -2.71. The molecule has 2 N–H and O–H groups in total. The van der Waals surface area contributed by atoms with E-state index in [0.717, 1.165) is 48.7 Å². The second-order valence-electron chi connectivity index (χ2n) is 10.8. The quantitative estimate of drug-likeness (QED) is 0.779. The van der Waals surface area contributed by atoms with Crippen LogP contribution in [0.2, 0.25) is 0 Å². The maximum absolute atomic E-state index is 12.6. The zero-order chi connectivity index (χ0) is 22.1. The number of nitrogens with zero attached hydrogens (tertiary/aromatic N) is 3. The summed E-state index contributed by atoms with van der Waals surface area (Å²) in [6.07, 6.45) is 4.88. The van der Waals surface area contributed by atoms with Gasteiger partial charge in [0.15, 0.2) is 0 Å². The number of aliphatic hydroxyl groups is 1. The number of hydrogen-bond donors (Lipinski definition) is 2. The van der Waals surface area contributed by atoms with Gasteiger partial charge >= 0.3 is 0 Å². The van der Waals surface area contributed by atoms with Crippen LogP contribution in [0.3, 0.4) is 0 Å². The molecule has 0 unspecified atom stereocenters. The number of benzene rings is 1. The molecule has 3 aliphatic rings. The minimum Gasteiger partial charge on any atom is -0.508 e. The molecule has 2 heterocycles. The summed E-state index contributed by atoms with van der Waals surface area (Å²) in [4.78, 5) is 2.53. The number of fused-ring (bicyclic) bond motifs is 2. The third kappa shape index (κ3) is 3.07. The van der Waals surface area contributed by atoms with E-state index >= 15 is 0 Å². The minimum atomic E-state index is -0.901. The van der Waals surface area contributed by atoms with Gasteiger partial charge in [-0.1, -0.05) is 6.07 Å². The van der Waals surface area contributed by atoms with Gasteiger partial charge in [0.1, 0.15) is 5.75 Å². The van der Waals surface area contributed by atoms with E-state index in [9.17, 15) is 10.2 Å². The van der Waals surface area contributed by atoms with Gasteiger partial charge in [0, 0.05) is 42.6 Å². The minimum absolute atomic E-state index is 0.0542. The number of phenolic OH excluding ortho intramolecular Hbond substituents is 1. The van der Waals surface area contributed by atoms with Crippen molar-refractivity contribution in [1.82, 2.24) is 14.7 Å². The summed E-state index contributed by atoms with van der Waals surface area (Å²) in [5.41, 5.74) is 4.43. The molecule has 2 aromatic rings. The Labute approximate surface area is 186 Å². The van der Waals surface area contributed by atoms with Crippen LogP contribution in [-0.2, 0) is 18.3 Å². The number of aromatic nitrogens is 2. The summed E-state index contributed by atoms with van der Waals surface area (Å²) in [5.74, 6) is 1.07. The molecule has 168 valence electrons. The smallest absolute Gasteiger partial charge is 0.115 e. The third-order valence-corrected chi connectivity index (χ3v) is 8.58. The highest BCUT2D eigenvalue weighted by molar-refractivity contribution is 5.48. The van der Waals surface area contributed by atoms with Crippen LogP contribution >= 0.6 is 0 Å². The zero-order valence-corrected chi connectivity index (χ0v) is 19.6. The third-order valence-electron chi connectivity index (χ3n) is 8.58. The Morgan fingerprint density at radius 3 is 2.61 bits per heavy atom.